The van der Waals surface area contributed by atoms with Crippen molar-refractivity contribution in [1.29, 1.82) is 0 Å². The van der Waals surface area contributed by atoms with E-state index in [-0.39, 0.29) is 55.8 Å². The SMILES string of the molecule is I.[CH2][C@H](CC(=O)N(C)OC)N=C([O-])OC(C)(C)C.[Zn]. The molecule has 6 nitrogen and oxygen atoms in total. The van der Waals surface area contributed by atoms with Crippen molar-refractivity contribution < 1.29 is 39.0 Å². The number of hydrogen-bond acceptors (Lipinski definition) is 5. The topological polar surface area (TPSA) is 74.2 Å². The zero-order valence-corrected chi connectivity index (χ0v) is 17.4. The van der Waals surface area contributed by atoms with E-state index in [0.717, 1.165) is 5.06 Å². The Morgan fingerprint density at radius 2 is 1.95 bits per heavy atom. The Morgan fingerprint density at radius 3 is 2.32 bits per heavy atom. The molecule has 0 aromatic heterocycles. The van der Waals surface area contributed by atoms with Gasteiger partial charge < -0.3 is 9.84 Å². The Bertz CT molecular complexity index is 295. The van der Waals surface area contributed by atoms with Crippen LogP contribution in [0.5, 0.6) is 0 Å². The first kappa shape index (κ1) is 24.1. The molecule has 8 heteroatoms. The fourth-order valence-corrected chi connectivity index (χ4v) is 0.915. The average Bonchev–Trinajstić information content (AvgIpc) is 2.12. The van der Waals surface area contributed by atoms with Crippen LogP contribution in [0.3, 0.4) is 0 Å². The predicted molar refractivity (Wildman–Crippen MR) is 77.2 cm³/mol. The van der Waals surface area contributed by atoms with Crippen LogP contribution < -0.4 is 5.11 Å². The van der Waals surface area contributed by atoms with Gasteiger partial charge in [0.1, 0.15) is 6.08 Å². The van der Waals surface area contributed by atoms with E-state index in [9.17, 15) is 9.90 Å². The van der Waals surface area contributed by atoms with Gasteiger partial charge in [0, 0.05) is 32.1 Å². The van der Waals surface area contributed by atoms with E-state index in [2.05, 4.69) is 11.9 Å². The van der Waals surface area contributed by atoms with Crippen LogP contribution >= 0.6 is 24.0 Å². The quantitative estimate of drug-likeness (QED) is 0.214. The first-order valence-electron chi connectivity index (χ1n) is 5.23. The van der Waals surface area contributed by atoms with E-state index in [4.69, 9.17) is 9.57 Å². The molecule has 109 valence electrons. The van der Waals surface area contributed by atoms with E-state index in [1.807, 2.05) is 0 Å². The van der Waals surface area contributed by atoms with Crippen molar-refractivity contribution >= 4 is 36.0 Å². The summed E-state index contributed by atoms with van der Waals surface area (Å²) in [5, 5.41) is 12.4. The first-order chi connectivity index (χ1) is 7.65. The molecule has 0 aromatic rings. The number of halogens is 1. The molecule has 0 saturated carbocycles. The summed E-state index contributed by atoms with van der Waals surface area (Å²) in [6, 6.07) is -0.685. The Morgan fingerprint density at radius 1 is 1.47 bits per heavy atom. The summed E-state index contributed by atoms with van der Waals surface area (Å²) in [6.45, 7) is 8.81. The maximum absolute atomic E-state index is 11.4. The minimum atomic E-state index is -0.717. The van der Waals surface area contributed by atoms with E-state index in [1.165, 1.54) is 14.2 Å². The summed E-state index contributed by atoms with van der Waals surface area (Å²) in [7, 11) is 2.85. The first-order valence-corrected chi connectivity index (χ1v) is 5.23. The van der Waals surface area contributed by atoms with Crippen LogP contribution in [0.2, 0.25) is 0 Å². The van der Waals surface area contributed by atoms with Crippen molar-refractivity contribution in [2.24, 2.45) is 4.99 Å². The standard InChI is InChI=1S/C11H21N2O4.HI.Zn/c1-8(7-9(14)13(5)16-6)12-10(15)17-11(2,3)4;;/h8H,1,7H2,2-6H3,(H,12,15);1H;/p-1/t8-;;/m1../s1. The van der Waals surface area contributed by atoms with E-state index in [1.54, 1.807) is 20.8 Å². The number of hydroxylamine groups is 2. The fourth-order valence-electron chi connectivity index (χ4n) is 0.915. The number of aliphatic imine (C=N–C) groups is 1. The van der Waals surface area contributed by atoms with Crippen molar-refractivity contribution in [1.82, 2.24) is 5.06 Å². The van der Waals surface area contributed by atoms with Crippen LogP contribution in [0.1, 0.15) is 27.2 Å². The van der Waals surface area contributed by atoms with Gasteiger partial charge in [-0.05, 0) is 6.92 Å². The monoisotopic (exact) mass is 436 g/mol. The van der Waals surface area contributed by atoms with Gasteiger partial charge in [-0.3, -0.25) is 14.6 Å². The minimum absolute atomic E-state index is 0. The second-order valence-electron chi connectivity index (χ2n) is 4.54. The molecule has 1 amide bonds. The summed E-state index contributed by atoms with van der Waals surface area (Å²) >= 11 is 0. The largest absolute Gasteiger partial charge is 0.595 e. The van der Waals surface area contributed by atoms with Crippen LogP contribution in [0.25, 0.3) is 0 Å². The van der Waals surface area contributed by atoms with Crippen molar-refractivity contribution in [2.45, 2.75) is 38.8 Å². The summed E-state index contributed by atoms with van der Waals surface area (Å²) in [5.74, 6) is -0.306. The molecule has 0 bridgehead atoms. The minimum Gasteiger partial charge on any atom is -0.595 e. The second kappa shape index (κ2) is 10.8. The molecular weight excluding hydrogens is 416 g/mol. The molecule has 0 fully saturated rings. The maximum Gasteiger partial charge on any atom is 0.247 e. The molecule has 0 aliphatic carbocycles. The maximum atomic E-state index is 11.4. The molecule has 0 spiro atoms. The van der Waals surface area contributed by atoms with Crippen molar-refractivity contribution in [3.8, 4) is 0 Å². The zero-order valence-electron chi connectivity index (χ0n) is 12.1. The number of carbonyl (C=O) groups excluding carboxylic acids is 1. The van der Waals surface area contributed by atoms with Crippen LogP contribution in [0.15, 0.2) is 4.99 Å². The average molecular weight is 438 g/mol. The number of amides is 1. The Labute approximate surface area is 144 Å². The van der Waals surface area contributed by atoms with Crippen LogP contribution in [0, 0.1) is 6.92 Å². The normalized spacial score (nSPS) is 12.8. The molecule has 0 rings (SSSR count). The van der Waals surface area contributed by atoms with Gasteiger partial charge in [0.05, 0.1) is 19.6 Å². The molecule has 0 aromatic carbocycles. The Balaban J connectivity index is -0.00000128. The van der Waals surface area contributed by atoms with Gasteiger partial charge >= 0.3 is 0 Å². The third-order valence-corrected chi connectivity index (χ3v) is 1.72. The smallest absolute Gasteiger partial charge is 0.247 e. The summed E-state index contributed by atoms with van der Waals surface area (Å²) in [6.07, 6.45) is -0.728. The number of ether oxygens (including phenoxy) is 1. The number of nitrogens with zero attached hydrogens (tertiary/aromatic N) is 2. The Hall–Kier alpha value is 0.0534. The van der Waals surface area contributed by atoms with E-state index < -0.39 is 17.7 Å². The van der Waals surface area contributed by atoms with Gasteiger partial charge in [-0.2, -0.15) is 0 Å². The molecule has 0 heterocycles. The fraction of sp³-hybridized carbons (Fsp3) is 0.727. The molecule has 0 saturated heterocycles. The van der Waals surface area contributed by atoms with Crippen LogP contribution in [-0.4, -0.2) is 42.9 Å². The number of rotatable bonds is 4. The van der Waals surface area contributed by atoms with Crippen molar-refractivity contribution in [3.63, 3.8) is 0 Å². The zero-order chi connectivity index (χ0) is 13.6. The third-order valence-electron chi connectivity index (χ3n) is 1.72. The molecule has 1 radical (unpaired) electrons. The van der Waals surface area contributed by atoms with E-state index >= 15 is 0 Å². The molecule has 1 atom stereocenters. The number of hydrogen-bond donors (Lipinski definition) is 0. The molecule has 0 aliphatic heterocycles. The molecule has 0 aliphatic rings. The molecule has 0 N–H and O–H groups in total. The predicted octanol–water partition coefficient (Wildman–Crippen LogP) is 0.746. The van der Waals surface area contributed by atoms with Crippen molar-refractivity contribution in [3.05, 3.63) is 6.92 Å². The summed E-state index contributed by atoms with van der Waals surface area (Å²) < 4.78 is 4.97. The molecule has 19 heavy (non-hydrogen) atoms. The van der Waals surface area contributed by atoms with Gasteiger partial charge in [0.25, 0.3) is 0 Å². The molecule has 0 unspecified atom stereocenters. The van der Waals surface area contributed by atoms with Gasteiger partial charge in [0.15, 0.2) is 0 Å². The molecular formula is C11H21IN2O4Zn-. The second-order valence-corrected chi connectivity index (χ2v) is 4.54. The Kier molecular flexibility index (Phi) is 13.7. The summed E-state index contributed by atoms with van der Waals surface area (Å²) in [4.78, 5) is 19.7. The summed E-state index contributed by atoms with van der Waals surface area (Å²) in [5.41, 5.74) is -0.604. The van der Waals surface area contributed by atoms with Crippen molar-refractivity contribution in [2.75, 3.05) is 14.2 Å². The number of carbonyl (C=O) groups is 1. The van der Waals surface area contributed by atoms with Crippen LogP contribution in [0.4, 0.5) is 0 Å². The third kappa shape index (κ3) is 12.8. The van der Waals surface area contributed by atoms with E-state index in [0.29, 0.717) is 0 Å². The van der Waals surface area contributed by atoms with Gasteiger partial charge in [-0.25, -0.2) is 5.06 Å². The van der Waals surface area contributed by atoms with Gasteiger partial charge in [-0.1, -0.05) is 20.8 Å². The van der Waals surface area contributed by atoms with Gasteiger partial charge in [-0.15, -0.1) is 24.0 Å². The van der Waals surface area contributed by atoms with Crippen LogP contribution in [-0.2, 0) is 33.8 Å². The van der Waals surface area contributed by atoms with Gasteiger partial charge in [0.2, 0.25) is 5.91 Å².